The first-order chi connectivity index (χ1) is 18.9. The summed E-state index contributed by atoms with van der Waals surface area (Å²) in [6.45, 7) is 0.630. The number of hydrogen-bond acceptors (Lipinski definition) is 9. The van der Waals surface area contributed by atoms with Crippen molar-refractivity contribution in [3.8, 4) is 39.9 Å². The van der Waals surface area contributed by atoms with Crippen LogP contribution in [-0.4, -0.2) is 62.7 Å². The molecule has 0 fully saturated rings. The van der Waals surface area contributed by atoms with Gasteiger partial charge in [0.1, 0.15) is 11.7 Å². The molecule has 0 bridgehead atoms. The maximum Gasteiger partial charge on any atom is 0.343 e. The summed E-state index contributed by atoms with van der Waals surface area (Å²) in [6.07, 6.45) is -0.0615. The number of benzene rings is 3. The molecule has 6 rings (SSSR count). The Morgan fingerprint density at radius 3 is 2.49 bits per heavy atom. The van der Waals surface area contributed by atoms with E-state index in [0.717, 1.165) is 16.7 Å². The van der Waals surface area contributed by atoms with Gasteiger partial charge in [-0.05, 0) is 30.7 Å². The van der Waals surface area contributed by atoms with Crippen LogP contribution in [0.25, 0.3) is 11.1 Å². The van der Waals surface area contributed by atoms with Gasteiger partial charge in [-0.2, -0.15) is 0 Å². The lowest BCUT2D eigenvalue weighted by molar-refractivity contribution is -0.729. The number of methoxy groups -OCH3 is 3. The second-order valence-corrected chi connectivity index (χ2v) is 9.46. The van der Waals surface area contributed by atoms with Crippen molar-refractivity contribution in [2.75, 3.05) is 41.7 Å². The van der Waals surface area contributed by atoms with Crippen LogP contribution in [-0.2, 0) is 11.2 Å². The Bertz CT molecular complexity index is 1520. The molecule has 3 aliphatic rings. The van der Waals surface area contributed by atoms with Crippen LogP contribution in [0.1, 0.15) is 39.2 Å². The van der Waals surface area contributed by atoms with Crippen molar-refractivity contribution >= 4 is 11.7 Å². The fourth-order valence-electron chi connectivity index (χ4n) is 5.92. The average Bonchev–Trinajstić information content (AvgIpc) is 3.55. The topological polar surface area (TPSA) is 116 Å². The van der Waals surface area contributed by atoms with Gasteiger partial charge in [0.15, 0.2) is 23.0 Å². The number of esters is 1. The molecule has 0 aromatic heterocycles. The Balaban J connectivity index is 1.60. The van der Waals surface area contributed by atoms with Crippen molar-refractivity contribution in [3.05, 3.63) is 63.6 Å². The monoisotopic (exact) mass is 535 g/mol. The van der Waals surface area contributed by atoms with Crippen LogP contribution < -0.4 is 23.7 Å². The van der Waals surface area contributed by atoms with Crippen molar-refractivity contribution in [1.29, 1.82) is 0 Å². The van der Waals surface area contributed by atoms with Crippen LogP contribution in [0.2, 0.25) is 0 Å². The first-order valence-corrected chi connectivity index (χ1v) is 12.3. The first-order valence-electron chi connectivity index (χ1n) is 12.3. The molecular formula is C28H27N2O9+. The molecule has 11 heteroatoms. The minimum absolute atomic E-state index is 0.00624. The van der Waals surface area contributed by atoms with Gasteiger partial charge in [-0.1, -0.05) is 18.2 Å². The Morgan fingerprint density at radius 2 is 1.77 bits per heavy atom. The lowest BCUT2D eigenvalue weighted by Crippen LogP contribution is -2.36. The zero-order chi connectivity index (χ0) is 27.4. The molecule has 0 amide bonds. The molecule has 11 nitrogen and oxygen atoms in total. The number of nitrogens with zero attached hydrogens (tertiary/aromatic N) is 2. The van der Waals surface area contributed by atoms with Crippen LogP contribution in [0.5, 0.6) is 28.7 Å². The third-order valence-electron chi connectivity index (χ3n) is 7.57. The number of ether oxygens (including phenoxy) is 6. The third kappa shape index (κ3) is 3.64. The van der Waals surface area contributed by atoms with E-state index in [1.807, 2.05) is 19.2 Å². The SMILES string of the molecule is COc1ccc2c(c1OC)C(=O)OC2[C@H]1c2c(c(-c3cccc([N+](=O)O)c3)c3c(c2OC)OCO3)CCN1C. The number of rotatable bonds is 6. The summed E-state index contributed by atoms with van der Waals surface area (Å²) in [7, 11) is 6.53. The van der Waals surface area contributed by atoms with Crippen LogP contribution in [0.15, 0.2) is 36.4 Å². The summed E-state index contributed by atoms with van der Waals surface area (Å²) in [5, 5.41) is 9.55. The lowest BCUT2D eigenvalue weighted by atomic mass is 9.81. The van der Waals surface area contributed by atoms with E-state index < -0.39 is 18.1 Å². The Labute approximate surface area is 223 Å². The smallest absolute Gasteiger partial charge is 0.343 e. The molecule has 3 aromatic carbocycles. The number of cyclic esters (lactones) is 1. The van der Waals surface area contributed by atoms with E-state index in [1.54, 1.807) is 25.3 Å². The van der Waals surface area contributed by atoms with Crippen LogP contribution >= 0.6 is 0 Å². The Morgan fingerprint density at radius 1 is 1.00 bits per heavy atom. The number of likely N-dealkylation sites (N-methyl/N-ethyl adjacent to an activating group) is 1. The second-order valence-electron chi connectivity index (χ2n) is 9.46. The number of carbonyl (C=O) groups excluding carboxylic acids is 1. The van der Waals surface area contributed by atoms with Gasteiger partial charge in [-0.15, -0.1) is 0 Å². The van der Waals surface area contributed by atoms with E-state index in [4.69, 9.17) is 28.4 Å². The predicted octanol–water partition coefficient (Wildman–Crippen LogP) is 4.35. The molecule has 0 aliphatic carbocycles. The molecule has 39 heavy (non-hydrogen) atoms. The zero-order valence-electron chi connectivity index (χ0n) is 21.8. The lowest BCUT2D eigenvalue weighted by Gasteiger charge is -2.39. The van der Waals surface area contributed by atoms with Crippen LogP contribution in [0.4, 0.5) is 5.69 Å². The average molecular weight is 536 g/mol. The van der Waals surface area contributed by atoms with E-state index in [9.17, 15) is 14.9 Å². The summed E-state index contributed by atoms with van der Waals surface area (Å²) in [4.78, 5) is 26.8. The summed E-state index contributed by atoms with van der Waals surface area (Å²) < 4.78 is 34.7. The molecule has 0 radical (unpaired) electrons. The molecular weight excluding hydrogens is 508 g/mol. The molecule has 2 atom stereocenters. The van der Waals surface area contributed by atoms with Crippen LogP contribution in [0.3, 0.4) is 0 Å². The van der Waals surface area contributed by atoms with Crippen molar-refractivity contribution < 1.29 is 43.3 Å². The van der Waals surface area contributed by atoms with Gasteiger partial charge < -0.3 is 28.4 Å². The standard InChI is InChI=1S/C28H27N2O9/c1-29-11-10-16-19(14-6-5-7-15(12-14)30(32)33)26-27(38-13-37-26)25(36-4)20(16)22(29)23-17-8-9-18(34-2)24(35-3)21(17)28(31)39-23/h5-9,12,22-23H,10-11,13H2,1-4H3,(H,32,33)/q+1/t22-,23?/m1/s1. The molecule has 3 aromatic rings. The minimum Gasteiger partial charge on any atom is -0.493 e. The molecule has 1 unspecified atom stereocenters. The fraction of sp³-hybridized carbons (Fsp3) is 0.321. The van der Waals surface area contributed by atoms with Crippen molar-refractivity contribution in [2.45, 2.75) is 18.6 Å². The van der Waals surface area contributed by atoms with E-state index >= 15 is 0 Å². The van der Waals surface area contributed by atoms with Gasteiger partial charge >= 0.3 is 11.7 Å². The zero-order valence-corrected chi connectivity index (χ0v) is 21.8. The van der Waals surface area contributed by atoms with E-state index in [2.05, 4.69) is 4.90 Å². The quantitative estimate of drug-likeness (QED) is 0.361. The van der Waals surface area contributed by atoms with Gasteiger partial charge in [0.2, 0.25) is 12.5 Å². The number of fused-ring (bicyclic) bond motifs is 3. The van der Waals surface area contributed by atoms with Gasteiger partial charge in [0.25, 0.3) is 4.92 Å². The second kappa shape index (κ2) is 9.35. The highest BCUT2D eigenvalue weighted by atomic mass is 16.7. The summed E-state index contributed by atoms with van der Waals surface area (Å²) in [5.74, 6) is 1.67. The van der Waals surface area contributed by atoms with Crippen molar-refractivity contribution in [2.24, 2.45) is 0 Å². The highest BCUT2D eigenvalue weighted by Crippen LogP contribution is 2.59. The highest BCUT2D eigenvalue weighted by molar-refractivity contribution is 5.98. The highest BCUT2D eigenvalue weighted by Gasteiger charge is 2.47. The Kier molecular flexibility index (Phi) is 5.95. The molecule has 1 N–H and O–H groups in total. The van der Waals surface area contributed by atoms with Gasteiger partial charge in [-0.25, -0.2) is 10.0 Å². The minimum atomic E-state index is -0.681. The fourth-order valence-corrected chi connectivity index (χ4v) is 5.92. The molecule has 0 saturated carbocycles. The summed E-state index contributed by atoms with van der Waals surface area (Å²) >= 11 is 0. The van der Waals surface area contributed by atoms with Crippen molar-refractivity contribution in [3.63, 3.8) is 0 Å². The molecule has 3 aliphatic heterocycles. The normalized spacial score (nSPS) is 19.2. The predicted molar refractivity (Wildman–Crippen MR) is 136 cm³/mol. The van der Waals surface area contributed by atoms with Gasteiger partial charge in [0, 0.05) is 35.4 Å². The largest absolute Gasteiger partial charge is 0.493 e. The molecule has 0 spiro atoms. The van der Waals surface area contributed by atoms with E-state index in [0.29, 0.717) is 58.4 Å². The third-order valence-corrected chi connectivity index (χ3v) is 7.57. The maximum atomic E-state index is 13.2. The maximum absolute atomic E-state index is 13.2. The van der Waals surface area contributed by atoms with E-state index in [1.165, 1.54) is 20.3 Å². The molecule has 202 valence electrons. The molecule has 0 saturated heterocycles. The Hall–Kier alpha value is -4.51. The first kappa shape index (κ1) is 24.8. The summed E-state index contributed by atoms with van der Waals surface area (Å²) in [6, 6.07) is 9.76. The van der Waals surface area contributed by atoms with Crippen molar-refractivity contribution in [1.82, 2.24) is 4.90 Å². The van der Waals surface area contributed by atoms with Crippen LogP contribution in [0, 0.1) is 4.91 Å². The molecule has 3 heterocycles. The van der Waals surface area contributed by atoms with Gasteiger partial charge in [-0.3, -0.25) is 4.90 Å². The number of hydrogen-bond donors (Lipinski definition) is 1. The van der Waals surface area contributed by atoms with E-state index in [-0.39, 0.29) is 17.4 Å². The van der Waals surface area contributed by atoms with Gasteiger partial charge in [0.05, 0.1) is 32.3 Å². The summed E-state index contributed by atoms with van der Waals surface area (Å²) in [5.41, 5.74) is 4.19. The number of carbonyl (C=O) groups is 1.